The summed E-state index contributed by atoms with van der Waals surface area (Å²) in [6, 6.07) is 15.7. The molecule has 2 N–H and O–H groups in total. The van der Waals surface area contributed by atoms with Gasteiger partial charge < -0.3 is 14.6 Å². The fourth-order valence-corrected chi connectivity index (χ4v) is 5.84. The Morgan fingerprint density at radius 2 is 1.66 bits per heavy atom. The van der Waals surface area contributed by atoms with Gasteiger partial charge in [0.2, 0.25) is 10.0 Å². The van der Waals surface area contributed by atoms with Crippen LogP contribution in [0.25, 0.3) is 0 Å². The average molecular weight is 544 g/mol. The van der Waals surface area contributed by atoms with E-state index in [0.29, 0.717) is 11.1 Å². The first-order chi connectivity index (χ1) is 18.1. The molecule has 3 aromatic rings. The summed E-state index contributed by atoms with van der Waals surface area (Å²) in [6.45, 7) is 3.41. The van der Waals surface area contributed by atoms with Crippen molar-refractivity contribution in [1.82, 2.24) is 9.21 Å². The molecule has 0 bridgehead atoms. The summed E-state index contributed by atoms with van der Waals surface area (Å²) in [5, 5.41) is 24.3. The molecule has 204 valence electrons. The predicted molar refractivity (Wildman–Crippen MR) is 142 cm³/mol. The minimum absolute atomic E-state index is 0.00750. The first kappa shape index (κ1) is 29.0. The molecular weight excluding hydrogens is 510 g/mol. The number of carboxylic acid groups (broad SMARTS) is 1. The normalized spacial score (nSPS) is 13.4. The van der Waals surface area contributed by atoms with Crippen molar-refractivity contribution >= 4 is 16.1 Å². The molecule has 0 radical (unpaired) electrons. The zero-order valence-corrected chi connectivity index (χ0v) is 22.2. The van der Waals surface area contributed by atoms with Gasteiger partial charge in [-0.2, -0.15) is 9.21 Å². The number of sulfonamides is 1. The number of rotatable bonds is 14. The van der Waals surface area contributed by atoms with Gasteiger partial charge in [-0.1, -0.05) is 61.5 Å². The van der Waals surface area contributed by atoms with E-state index in [1.165, 1.54) is 41.1 Å². The van der Waals surface area contributed by atoms with Crippen LogP contribution in [0, 0.1) is 10.8 Å². The van der Waals surface area contributed by atoms with E-state index in [0.717, 1.165) is 10.5 Å². The minimum atomic E-state index is -4.04. The van der Waals surface area contributed by atoms with Crippen LogP contribution in [0.4, 0.5) is 4.79 Å². The van der Waals surface area contributed by atoms with Crippen molar-refractivity contribution in [2.45, 2.75) is 50.4 Å². The van der Waals surface area contributed by atoms with Crippen molar-refractivity contribution in [2.24, 2.45) is 11.1 Å². The number of benzene rings is 2. The second-order valence-corrected chi connectivity index (χ2v) is 11.5. The molecular formula is C27H33N3O7S. The quantitative estimate of drug-likeness (QED) is 0.288. The smallest absolute Gasteiger partial charge is 0.407 e. The Bertz CT molecular complexity index is 1260. The first-order valence-corrected chi connectivity index (χ1v) is 13.7. The molecule has 0 aliphatic carbocycles. The van der Waals surface area contributed by atoms with Crippen LogP contribution in [0.5, 0.6) is 0 Å². The number of aliphatic hydroxyl groups is 1. The molecule has 3 rings (SSSR count). The third-order valence-corrected chi connectivity index (χ3v) is 7.92. The highest BCUT2D eigenvalue weighted by Crippen LogP contribution is 2.23. The Hall–Kier alpha value is -3.54. The fraction of sp³-hybridized carbons (Fsp3) is 0.370. The van der Waals surface area contributed by atoms with Crippen molar-refractivity contribution in [3.05, 3.63) is 94.8 Å². The van der Waals surface area contributed by atoms with Crippen molar-refractivity contribution in [2.75, 3.05) is 13.1 Å². The van der Waals surface area contributed by atoms with Gasteiger partial charge in [0, 0.05) is 18.7 Å². The monoisotopic (exact) mass is 543 g/mol. The largest absolute Gasteiger partial charge is 0.472 e. The van der Waals surface area contributed by atoms with Gasteiger partial charge in [-0.05, 0) is 41.7 Å². The van der Waals surface area contributed by atoms with Crippen molar-refractivity contribution in [1.29, 1.82) is 0 Å². The minimum Gasteiger partial charge on any atom is -0.472 e. The van der Waals surface area contributed by atoms with E-state index < -0.39 is 28.3 Å². The lowest BCUT2D eigenvalue weighted by Gasteiger charge is -2.35. The Labute approximate surface area is 222 Å². The molecule has 1 heterocycles. The maximum Gasteiger partial charge on any atom is 0.407 e. The standard InChI is InChI=1S/C27H33N3O7S/c1-20(2)16-29(38(35,36)24-10-8-22(9-11-24)15-28-34)18-26(31)25(14-21-6-4-3-5-7-21)30(27(32)33)17-23-12-13-37-19-23/h3-13,19-20,25-26,31H,14-18H2,1-2H3,(H,32,33)/t25-,26+/m0/s1. The van der Waals surface area contributed by atoms with Gasteiger partial charge in [-0.25, -0.2) is 13.2 Å². The predicted octanol–water partition coefficient (Wildman–Crippen LogP) is 4.35. The Morgan fingerprint density at radius 1 is 0.974 bits per heavy atom. The van der Waals surface area contributed by atoms with Gasteiger partial charge in [0.25, 0.3) is 0 Å². The Kier molecular flexibility index (Phi) is 10.2. The van der Waals surface area contributed by atoms with Crippen LogP contribution in [-0.2, 0) is 29.5 Å². The third kappa shape index (κ3) is 7.73. The Balaban J connectivity index is 1.94. The average Bonchev–Trinajstić information content (AvgIpc) is 3.40. The molecule has 0 aliphatic rings. The number of nitroso groups, excluding NO2 is 1. The van der Waals surface area contributed by atoms with E-state index in [1.54, 1.807) is 6.07 Å². The van der Waals surface area contributed by atoms with Gasteiger partial charge in [0.15, 0.2) is 0 Å². The molecule has 10 nitrogen and oxygen atoms in total. The molecule has 0 spiro atoms. The van der Waals surface area contributed by atoms with E-state index in [-0.39, 0.29) is 43.4 Å². The van der Waals surface area contributed by atoms with Gasteiger partial charge in [0.1, 0.15) is 6.54 Å². The molecule has 0 aliphatic heterocycles. The lowest BCUT2D eigenvalue weighted by molar-refractivity contribution is 0.0336. The summed E-state index contributed by atoms with van der Waals surface area (Å²) in [4.78, 5) is 24.0. The van der Waals surface area contributed by atoms with Crippen LogP contribution in [0.3, 0.4) is 0 Å². The molecule has 0 unspecified atom stereocenters. The van der Waals surface area contributed by atoms with Crippen LogP contribution in [0.2, 0.25) is 0 Å². The van der Waals surface area contributed by atoms with Gasteiger partial charge in [0.05, 0.1) is 36.1 Å². The summed E-state index contributed by atoms with van der Waals surface area (Å²) in [5.74, 6) is -0.0652. The topological polar surface area (TPSA) is 141 Å². The van der Waals surface area contributed by atoms with E-state index in [4.69, 9.17) is 4.42 Å². The number of hydrogen-bond donors (Lipinski definition) is 2. The van der Waals surface area contributed by atoms with Crippen LogP contribution < -0.4 is 0 Å². The van der Waals surface area contributed by atoms with E-state index in [9.17, 15) is 28.3 Å². The second kappa shape index (κ2) is 13.3. The first-order valence-electron chi connectivity index (χ1n) is 12.2. The maximum absolute atomic E-state index is 13.6. The Morgan fingerprint density at radius 3 is 2.21 bits per heavy atom. The SMILES string of the molecule is CC(C)CN(C[C@@H](O)[C@H](Cc1ccccc1)N(Cc1ccoc1)C(=O)O)S(=O)(=O)c1ccc(CN=O)cc1. The number of furan rings is 1. The number of hydrogen-bond acceptors (Lipinski definition) is 7. The van der Waals surface area contributed by atoms with Crippen molar-refractivity contribution < 1.29 is 27.8 Å². The fourth-order valence-electron chi connectivity index (χ4n) is 4.21. The van der Waals surface area contributed by atoms with E-state index in [2.05, 4.69) is 5.18 Å². The lowest BCUT2D eigenvalue weighted by atomic mass is 9.99. The van der Waals surface area contributed by atoms with Crippen molar-refractivity contribution in [3.63, 3.8) is 0 Å². The highest BCUT2D eigenvalue weighted by atomic mass is 32.2. The zero-order chi connectivity index (χ0) is 27.7. The molecule has 2 aromatic carbocycles. The summed E-state index contributed by atoms with van der Waals surface area (Å²) in [7, 11) is -4.04. The van der Waals surface area contributed by atoms with Gasteiger partial charge in [-0.15, -0.1) is 0 Å². The van der Waals surface area contributed by atoms with E-state index >= 15 is 0 Å². The lowest BCUT2D eigenvalue weighted by Crippen LogP contribution is -2.52. The molecule has 0 saturated heterocycles. The zero-order valence-electron chi connectivity index (χ0n) is 21.4. The number of carbonyl (C=O) groups is 1. The number of amides is 1. The van der Waals surface area contributed by atoms with Gasteiger partial charge >= 0.3 is 6.09 Å². The molecule has 0 saturated carbocycles. The summed E-state index contributed by atoms with van der Waals surface area (Å²) < 4.78 is 33.5. The summed E-state index contributed by atoms with van der Waals surface area (Å²) >= 11 is 0. The molecule has 38 heavy (non-hydrogen) atoms. The van der Waals surface area contributed by atoms with Crippen LogP contribution in [0.15, 0.2) is 87.7 Å². The molecule has 1 aromatic heterocycles. The maximum atomic E-state index is 13.6. The van der Waals surface area contributed by atoms with E-state index in [1.807, 2.05) is 44.2 Å². The molecule has 11 heteroatoms. The summed E-state index contributed by atoms with van der Waals surface area (Å²) in [5.41, 5.74) is 1.98. The molecule has 2 atom stereocenters. The third-order valence-electron chi connectivity index (χ3n) is 6.08. The van der Waals surface area contributed by atoms with Gasteiger partial charge in [-0.3, -0.25) is 4.90 Å². The molecule has 1 amide bonds. The highest BCUT2D eigenvalue weighted by Gasteiger charge is 2.35. The highest BCUT2D eigenvalue weighted by molar-refractivity contribution is 7.89. The van der Waals surface area contributed by atoms with Crippen LogP contribution in [0.1, 0.15) is 30.5 Å². The summed E-state index contributed by atoms with van der Waals surface area (Å²) in [6.07, 6.45) is 0.455. The second-order valence-electron chi connectivity index (χ2n) is 9.51. The van der Waals surface area contributed by atoms with Crippen LogP contribution >= 0.6 is 0 Å². The van der Waals surface area contributed by atoms with Crippen LogP contribution in [-0.4, -0.2) is 59.2 Å². The number of aliphatic hydroxyl groups excluding tert-OH is 1. The number of nitrogens with zero attached hydrogens (tertiary/aromatic N) is 3. The van der Waals surface area contributed by atoms with Crippen molar-refractivity contribution in [3.8, 4) is 0 Å². The molecule has 0 fully saturated rings.